The Balaban J connectivity index is 1.99. The highest BCUT2D eigenvalue weighted by atomic mass is 16.6. The number of ether oxygens (including phenoxy) is 1. The first-order valence-electron chi connectivity index (χ1n) is 8.71. The van der Waals surface area contributed by atoms with Crippen molar-refractivity contribution in [3.63, 3.8) is 0 Å². The summed E-state index contributed by atoms with van der Waals surface area (Å²) < 4.78 is 5.42. The molecule has 0 saturated carbocycles. The summed E-state index contributed by atoms with van der Waals surface area (Å²) in [6, 6.07) is 9.13. The normalized spacial score (nSPS) is 14.0. The lowest BCUT2D eigenvalue weighted by Crippen LogP contribution is -2.50. The topological polar surface area (TPSA) is 105 Å². The van der Waals surface area contributed by atoms with Crippen LogP contribution in [0.25, 0.3) is 0 Å². The average molecular weight is 368 g/mol. The van der Waals surface area contributed by atoms with Crippen molar-refractivity contribution in [2.45, 2.75) is 33.3 Å². The van der Waals surface area contributed by atoms with Gasteiger partial charge >= 0.3 is 6.09 Å². The lowest BCUT2D eigenvalue weighted by atomic mass is 10.1. The van der Waals surface area contributed by atoms with Gasteiger partial charge in [0.05, 0.1) is 5.69 Å². The minimum absolute atomic E-state index is 0.227. The Bertz CT molecular complexity index is 789. The predicted molar refractivity (Wildman–Crippen MR) is 103 cm³/mol. The van der Waals surface area contributed by atoms with E-state index in [1.807, 2.05) is 45.9 Å². The number of aryl methyl sites for hydroxylation is 1. The van der Waals surface area contributed by atoms with Crippen molar-refractivity contribution in [3.8, 4) is 12.1 Å². The Kier molecular flexibility index (Phi) is 6.25. The van der Waals surface area contributed by atoms with Gasteiger partial charge in [0.2, 0.25) is 5.71 Å². The van der Waals surface area contributed by atoms with Gasteiger partial charge in [-0.1, -0.05) is 0 Å². The number of nitriles is 2. The van der Waals surface area contributed by atoms with Gasteiger partial charge in [-0.25, -0.2) is 4.79 Å². The third kappa shape index (κ3) is 5.61. The molecule has 0 aliphatic carbocycles. The van der Waals surface area contributed by atoms with Crippen molar-refractivity contribution in [1.82, 2.24) is 4.90 Å². The van der Waals surface area contributed by atoms with E-state index < -0.39 is 5.60 Å². The molecule has 0 bridgehead atoms. The third-order valence-corrected chi connectivity index (χ3v) is 3.98. The third-order valence-electron chi connectivity index (χ3n) is 3.98. The molecule has 27 heavy (non-hydrogen) atoms. The van der Waals surface area contributed by atoms with Crippen molar-refractivity contribution >= 4 is 23.2 Å². The van der Waals surface area contributed by atoms with Crippen LogP contribution >= 0.6 is 0 Å². The molecule has 1 aromatic rings. The van der Waals surface area contributed by atoms with E-state index in [-0.39, 0.29) is 11.8 Å². The second-order valence-corrected chi connectivity index (χ2v) is 7.25. The Hall–Kier alpha value is -3.26. The molecule has 1 amide bonds. The summed E-state index contributed by atoms with van der Waals surface area (Å²) in [6.07, 6.45) is -0.276. The molecule has 1 aromatic carbocycles. The van der Waals surface area contributed by atoms with E-state index in [1.165, 1.54) is 0 Å². The summed E-state index contributed by atoms with van der Waals surface area (Å²) in [7, 11) is 0. The first-order chi connectivity index (χ1) is 12.7. The van der Waals surface area contributed by atoms with Gasteiger partial charge in [0.25, 0.3) is 0 Å². The molecule has 0 atom stereocenters. The first kappa shape index (κ1) is 20.1. The lowest BCUT2D eigenvalue weighted by Gasteiger charge is -2.37. The molecule has 142 valence electrons. The van der Waals surface area contributed by atoms with Crippen molar-refractivity contribution in [1.29, 1.82) is 10.5 Å². The van der Waals surface area contributed by atoms with Crippen LogP contribution in [0.1, 0.15) is 26.3 Å². The molecule has 0 spiro atoms. The van der Waals surface area contributed by atoms with Crippen LogP contribution in [0.3, 0.4) is 0 Å². The zero-order valence-corrected chi connectivity index (χ0v) is 16.1. The van der Waals surface area contributed by atoms with Crippen molar-refractivity contribution in [2.75, 3.05) is 36.5 Å². The molecule has 8 heteroatoms. The van der Waals surface area contributed by atoms with Crippen molar-refractivity contribution < 1.29 is 9.53 Å². The molecule has 1 saturated heterocycles. The monoisotopic (exact) mass is 368 g/mol. The van der Waals surface area contributed by atoms with Crippen LogP contribution < -0.4 is 10.3 Å². The van der Waals surface area contributed by atoms with Gasteiger partial charge in [0.15, 0.2) is 0 Å². The van der Waals surface area contributed by atoms with E-state index in [1.54, 1.807) is 17.0 Å². The number of carbonyl (C=O) groups is 1. The molecule has 8 nitrogen and oxygen atoms in total. The van der Waals surface area contributed by atoms with Gasteiger partial charge in [0, 0.05) is 31.9 Å². The number of amides is 1. The molecule has 1 N–H and O–H groups in total. The number of benzene rings is 1. The maximum atomic E-state index is 12.2. The number of hydrogen-bond donors (Lipinski definition) is 1. The molecule has 0 aromatic heterocycles. The van der Waals surface area contributed by atoms with E-state index in [4.69, 9.17) is 15.3 Å². The van der Waals surface area contributed by atoms with Crippen LogP contribution in [0, 0.1) is 29.6 Å². The molecule has 0 radical (unpaired) electrons. The number of carbonyl (C=O) groups excluding carboxylic acids is 1. The summed E-state index contributed by atoms with van der Waals surface area (Å²) in [5.41, 5.74) is 4.81. The first-order valence-corrected chi connectivity index (χ1v) is 8.71. The summed E-state index contributed by atoms with van der Waals surface area (Å²) in [5, 5.41) is 21.2. The Morgan fingerprint density at radius 3 is 2.33 bits per heavy atom. The van der Waals surface area contributed by atoms with E-state index >= 15 is 0 Å². The fourth-order valence-electron chi connectivity index (χ4n) is 2.73. The van der Waals surface area contributed by atoms with Gasteiger partial charge in [0.1, 0.15) is 17.7 Å². The number of hydrogen-bond acceptors (Lipinski definition) is 7. The van der Waals surface area contributed by atoms with E-state index in [2.05, 4.69) is 15.4 Å². The fraction of sp³-hybridized carbons (Fsp3) is 0.474. The van der Waals surface area contributed by atoms with E-state index in [0.717, 1.165) is 24.3 Å². The molecular weight excluding hydrogens is 344 g/mol. The molecule has 1 heterocycles. The summed E-state index contributed by atoms with van der Waals surface area (Å²) >= 11 is 0. The van der Waals surface area contributed by atoms with Gasteiger partial charge < -0.3 is 14.5 Å². The predicted octanol–water partition coefficient (Wildman–Crippen LogP) is 2.87. The smallest absolute Gasteiger partial charge is 0.410 e. The SMILES string of the molecule is Cc1cc(NN=C(C#N)C#N)ccc1N1CCN(C(=O)OC(C)(C)C)CC1. The second kappa shape index (κ2) is 8.41. The van der Waals surface area contributed by atoms with Gasteiger partial charge in [-0.2, -0.15) is 15.6 Å². The maximum Gasteiger partial charge on any atom is 0.410 e. The van der Waals surface area contributed by atoms with Crippen LogP contribution in [0.4, 0.5) is 16.2 Å². The zero-order chi connectivity index (χ0) is 20.0. The van der Waals surface area contributed by atoms with Crippen LogP contribution in [0.15, 0.2) is 23.3 Å². The second-order valence-electron chi connectivity index (χ2n) is 7.25. The number of hydrazone groups is 1. The van der Waals surface area contributed by atoms with E-state index in [0.29, 0.717) is 18.8 Å². The highest BCUT2D eigenvalue weighted by molar-refractivity contribution is 6.10. The summed E-state index contributed by atoms with van der Waals surface area (Å²) in [5.74, 6) is 0. The van der Waals surface area contributed by atoms with Crippen LogP contribution in [0.2, 0.25) is 0 Å². The standard InChI is InChI=1S/C19H24N6O2/c1-14-11-15(22-23-16(12-20)13-21)5-6-17(14)24-7-9-25(10-8-24)18(26)27-19(2,3)4/h5-6,11,22H,7-10H2,1-4H3. The van der Waals surface area contributed by atoms with E-state index in [9.17, 15) is 4.79 Å². The number of nitrogens with one attached hydrogen (secondary N) is 1. The Labute approximate surface area is 159 Å². The molecule has 2 rings (SSSR count). The molecule has 1 aliphatic rings. The number of anilines is 2. The minimum atomic E-state index is -0.493. The molecule has 1 fully saturated rings. The van der Waals surface area contributed by atoms with Gasteiger partial charge in [-0.15, -0.1) is 0 Å². The van der Waals surface area contributed by atoms with Crippen molar-refractivity contribution in [3.05, 3.63) is 23.8 Å². The van der Waals surface area contributed by atoms with Crippen LogP contribution in [-0.2, 0) is 4.74 Å². The largest absolute Gasteiger partial charge is 0.444 e. The quantitative estimate of drug-likeness (QED) is 0.650. The summed E-state index contributed by atoms with van der Waals surface area (Å²) in [6.45, 7) is 10.2. The average Bonchev–Trinajstić information content (AvgIpc) is 2.61. The number of piperazine rings is 1. The molecule has 0 unspecified atom stereocenters. The molecular formula is C19H24N6O2. The number of nitrogens with zero attached hydrogens (tertiary/aromatic N) is 5. The van der Waals surface area contributed by atoms with Gasteiger partial charge in [-0.3, -0.25) is 5.43 Å². The zero-order valence-electron chi connectivity index (χ0n) is 16.1. The highest BCUT2D eigenvalue weighted by Crippen LogP contribution is 2.25. The lowest BCUT2D eigenvalue weighted by molar-refractivity contribution is 0.0240. The summed E-state index contributed by atoms with van der Waals surface area (Å²) in [4.78, 5) is 16.1. The van der Waals surface area contributed by atoms with Crippen LogP contribution in [-0.4, -0.2) is 48.5 Å². The van der Waals surface area contributed by atoms with Crippen LogP contribution in [0.5, 0.6) is 0 Å². The Morgan fingerprint density at radius 2 is 1.81 bits per heavy atom. The maximum absolute atomic E-state index is 12.2. The highest BCUT2D eigenvalue weighted by Gasteiger charge is 2.26. The van der Waals surface area contributed by atoms with Gasteiger partial charge in [-0.05, 0) is 51.5 Å². The number of rotatable bonds is 3. The fourth-order valence-corrected chi connectivity index (χ4v) is 2.73. The minimum Gasteiger partial charge on any atom is -0.444 e. The van der Waals surface area contributed by atoms with Crippen molar-refractivity contribution in [2.24, 2.45) is 5.10 Å². The Morgan fingerprint density at radius 1 is 1.19 bits per heavy atom. The molecule has 1 aliphatic heterocycles.